The van der Waals surface area contributed by atoms with Crippen molar-refractivity contribution >= 4 is 11.6 Å². The van der Waals surface area contributed by atoms with Gasteiger partial charge in [0.25, 0.3) is 5.91 Å². The van der Waals surface area contributed by atoms with Crippen molar-refractivity contribution in [1.82, 2.24) is 10.3 Å². The van der Waals surface area contributed by atoms with Crippen LogP contribution in [-0.2, 0) is 6.54 Å². The first-order valence-corrected chi connectivity index (χ1v) is 6.81. The quantitative estimate of drug-likeness (QED) is 0.728. The van der Waals surface area contributed by atoms with E-state index >= 15 is 0 Å². The maximum Gasteiger partial charge on any atom is 0.273 e. The van der Waals surface area contributed by atoms with Crippen molar-refractivity contribution in [1.29, 1.82) is 0 Å². The number of carbonyl (C=O) groups excluding carboxylic acids is 1. The van der Waals surface area contributed by atoms with Crippen molar-refractivity contribution in [3.63, 3.8) is 0 Å². The zero-order valence-corrected chi connectivity index (χ0v) is 12.2. The number of nitrogens with two attached hydrogens (primary N) is 2. The lowest BCUT2D eigenvalue weighted by molar-refractivity contribution is 0.0946. The highest BCUT2D eigenvalue weighted by molar-refractivity contribution is 5.91. The van der Waals surface area contributed by atoms with E-state index < -0.39 is 0 Å². The number of nitrogen functional groups attached to an aromatic ring is 1. The lowest BCUT2D eigenvalue weighted by atomic mass is 10.1. The van der Waals surface area contributed by atoms with Crippen LogP contribution < -0.4 is 16.8 Å². The topological polar surface area (TPSA) is 107 Å². The zero-order chi connectivity index (χ0) is 15.4. The Hall–Kier alpha value is -2.34. The van der Waals surface area contributed by atoms with Gasteiger partial charge in [-0.2, -0.15) is 0 Å². The normalized spacial score (nSPS) is 12.4. The van der Waals surface area contributed by atoms with Gasteiger partial charge in [-0.25, -0.2) is 4.98 Å². The summed E-state index contributed by atoms with van der Waals surface area (Å²) in [6, 6.07) is 6.98. The van der Waals surface area contributed by atoms with Crippen LogP contribution in [0, 0.1) is 5.92 Å². The fraction of sp³-hybridized carbons (Fsp3) is 0.333. The van der Waals surface area contributed by atoms with Gasteiger partial charge in [-0.15, -0.1) is 0 Å². The van der Waals surface area contributed by atoms with Crippen LogP contribution in [0.1, 0.15) is 41.8 Å². The Morgan fingerprint density at radius 1 is 1.33 bits per heavy atom. The van der Waals surface area contributed by atoms with E-state index in [4.69, 9.17) is 15.9 Å². The number of aromatic nitrogens is 1. The SMILES string of the molecule is CC(C)C(N)c1nc(C(=O)NCc2ccc(N)cc2)co1. The minimum absolute atomic E-state index is 0.189. The number of anilines is 1. The second-order valence-electron chi connectivity index (χ2n) is 5.27. The van der Waals surface area contributed by atoms with E-state index in [1.807, 2.05) is 26.0 Å². The van der Waals surface area contributed by atoms with E-state index in [1.165, 1.54) is 6.26 Å². The van der Waals surface area contributed by atoms with Crippen molar-refractivity contribution in [2.75, 3.05) is 5.73 Å². The minimum atomic E-state index is -0.316. The van der Waals surface area contributed by atoms with E-state index in [2.05, 4.69) is 10.3 Å². The summed E-state index contributed by atoms with van der Waals surface area (Å²) in [6.07, 6.45) is 1.33. The molecule has 0 aliphatic rings. The highest BCUT2D eigenvalue weighted by Gasteiger charge is 2.19. The number of oxazole rings is 1. The number of nitrogens with one attached hydrogen (secondary N) is 1. The van der Waals surface area contributed by atoms with Crippen LogP contribution in [0.15, 0.2) is 34.9 Å². The van der Waals surface area contributed by atoms with E-state index in [-0.39, 0.29) is 23.6 Å². The maximum absolute atomic E-state index is 12.0. The van der Waals surface area contributed by atoms with Gasteiger partial charge in [0.05, 0.1) is 6.04 Å². The molecule has 1 aromatic carbocycles. The van der Waals surface area contributed by atoms with Gasteiger partial charge in [-0.1, -0.05) is 26.0 Å². The predicted octanol–water partition coefficient (Wildman–Crippen LogP) is 1.84. The number of hydrogen-bond acceptors (Lipinski definition) is 5. The molecule has 0 aliphatic carbocycles. The van der Waals surface area contributed by atoms with E-state index in [0.717, 1.165) is 5.56 Å². The molecule has 0 spiro atoms. The third-order valence-electron chi connectivity index (χ3n) is 3.19. The van der Waals surface area contributed by atoms with Crippen LogP contribution in [-0.4, -0.2) is 10.9 Å². The van der Waals surface area contributed by atoms with Gasteiger partial charge in [0.2, 0.25) is 5.89 Å². The smallest absolute Gasteiger partial charge is 0.273 e. The molecule has 1 aromatic heterocycles. The van der Waals surface area contributed by atoms with Crippen LogP contribution in [0.3, 0.4) is 0 Å². The molecule has 0 aliphatic heterocycles. The van der Waals surface area contributed by atoms with Crippen LogP contribution in [0.5, 0.6) is 0 Å². The third-order valence-corrected chi connectivity index (χ3v) is 3.19. The van der Waals surface area contributed by atoms with Crippen LogP contribution >= 0.6 is 0 Å². The molecule has 1 unspecified atom stereocenters. The molecule has 5 N–H and O–H groups in total. The fourth-order valence-electron chi connectivity index (χ4n) is 1.74. The van der Waals surface area contributed by atoms with Crippen molar-refractivity contribution < 1.29 is 9.21 Å². The van der Waals surface area contributed by atoms with Crippen molar-refractivity contribution in [2.24, 2.45) is 11.7 Å². The Balaban J connectivity index is 1.96. The summed E-state index contributed by atoms with van der Waals surface area (Å²) in [5, 5.41) is 2.77. The zero-order valence-electron chi connectivity index (χ0n) is 12.2. The second-order valence-corrected chi connectivity index (χ2v) is 5.27. The average molecular weight is 288 g/mol. The molecule has 112 valence electrons. The molecule has 1 heterocycles. The Morgan fingerprint density at radius 3 is 2.62 bits per heavy atom. The largest absolute Gasteiger partial charge is 0.446 e. The summed E-state index contributed by atoms with van der Waals surface area (Å²) < 4.78 is 5.26. The van der Waals surface area contributed by atoms with Gasteiger partial charge >= 0.3 is 0 Å². The summed E-state index contributed by atoms with van der Waals surface area (Å²) in [5.41, 5.74) is 13.4. The van der Waals surface area contributed by atoms with Crippen LogP contribution in [0.2, 0.25) is 0 Å². The standard InChI is InChI=1S/C15H20N4O2/c1-9(2)13(17)15-19-12(8-21-15)14(20)18-7-10-3-5-11(16)6-4-10/h3-6,8-9,13H,7,16-17H2,1-2H3,(H,18,20). The van der Waals surface area contributed by atoms with E-state index in [1.54, 1.807) is 12.1 Å². The Kier molecular flexibility index (Phi) is 4.59. The molecule has 0 saturated heterocycles. The first kappa shape index (κ1) is 15.1. The summed E-state index contributed by atoms with van der Waals surface area (Å²) in [7, 11) is 0. The van der Waals surface area contributed by atoms with Gasteiger partial charge in [0, 0.05) is 12.2 Å². The molecule has 0 fully saturated rings. The number of rotatable bonds is 5. The fourth-order valence-corrected chi connectivity index (χ4v) is 1.74. The number of benzene rings is 1. The molecule has 2 rings (SSSR count). The lowest BCUT2D eigenvalue weighted by Crippen LogP contribution is -2.23. The van der Waals surface area contributed by atoms with E-state index in [9.17, 15) is 4.79 Å². The molecule has 6 nitrogen and oxygen atoms in total. The number of amides is 1. The van der Waals surface area contributed by atoms with Crippen molar-refractivity contribution in [3.05, 3.63) is 47.7 Å². The number of nitrogens with zero attached hydrogens (tertiary/aromatic N) is 1. The predicted molar refractivity (Wildman–Crippen MR) is 80.3 cm³/mol. The molecule has 6 heteroatoms. The highest BCUT2D eigenvalue weighted by atomic mass is 16.3. The maximum atomic E-state index is 12.0. The van der Waals surface area contributed by atoms with Gasteiger partial charge in [0.1, 0.15) is 6.26 Å². The number of carbonyl (C=O) groups is 1. The molecule has 21 heavy (non-hydrogen) atoms. The van der Waals surface area contributed by atoms with Gasteiger partial charge in [-0.05, 0) is 23.6 Å². The monoisotopic (exact) mass is 288 g/mol. The van der Waals surface area contributed by atoms with Crippen LogP contribution in [0.4, 0.5) is 5.69 Å². The second kappa shape index (κ2) is 6.41. The van der Waals surface area contributed by atoms with Gasteiger partial charge in [0.15, 0.2) is 5.69 Å². The first-order valence-electron chi connectivity index (χ1n) is 6.81. The average Bonchev–Trinajstić information content (AvgIpc) is 2.95. The number of hydrogen-bond donors (Lipinski definition) is 3. The molecular formula is C15H20N4O2. The van der Waals surface area contributed by atoms with Crippen molar-refractivity contribution in [3.8, 4) is 0 Å². The molecular weight excluding hydrogens is 268 g/mol. The summed E-state index contributed by atoms with van der Waals surface area (Å²) in [5.74, 6) is 0.273. The lowest BCUT2D eigenvalue weighted by Gasteiger charge is -2.10. The molecule has 0 bridgehead atoms. The van der Waals surface area contributed by atoms with E-state index in [0.29, 0.717) is 18.1 Å². The van der Waals surface area contributed by atoms with Gasteiger partial charge < -0.3 is 21.2 Å². The highest BCUT2D eigenvalue weighted by Crippen LogP contribution is 2.18. The Labute approximate surface area is 123 Å². The summed E-state index contributed by atoms with van der Waals surface area (Å²) >= 11 is 0. The first-order chi connectivity index (χ1) is 9.97. The minimum Gasteiger partial charge on any atom is -0.446 e. The third kappa shape index (κ3) is 3.82. The molecule has 0 radical (unpaired) electrons. The Morgan fingerprint density at radius 2 is 2.00 bits per heavy atom. The van der Waals surface area contributed by atoms with Crippen molar-refractivity contribution in [2.45, 2.75) is 26.4 Å². The molecule has 2 aromatic rings. The molecule has 1 amide bonds. The van der Waals surface area contributed by atoms with Crippen LogP contribution in [0.25, 0.3) is 0 Å². The Bertz CT molecular complexity index is 604. The summed E-state index contributed by atoms with van der Waals surface area (Å²) in [4.78, 5) is 16.1. The van der Waals surface area contributed by atoms with Gasteiger partial charge in [-0.3, -0.25) is 4.79 Å². The molecule has 0 saturated carbocycles. The molecule has 1 atom stereocenters. The summed E-state index contributed by atoms with van der Waals surface area (Å²) in [6.45, 7) is 4.34.